The van der Waals surface area contributed by atoms with Gasteiger partial charge in [-0.2, -0.15) is 13.2 Å². The fourth-order valence-corrected chi connectivity index (χ4v) is 1.67. The predicted octanol–water partition coefficient (Wildman–Crippen LogP) is 3.39. The number of rotatable bonds is 1. The van der Waals surface area contributed by atoms with E-state index in [0.717, 1.165) is 7.11 Å². The molecule has 0 amide bonds. The van der Waals surface area contributed by atoms with Gasteiger partial charge in [-0.15, -0.1) is 0 Å². The number of carbonyl (C=O) groups excluding carboxylic acids is 1. The minimum Gasteiger partial charge on any atom is -0.465 e. The minimum absolute atomic E-state index is 0.302. The highest BCUT2D eigenvalue weighted by molar-refractivity contribution is 9.10. The molecule has 0 saturated heterocycles. The molecule has 1 rings (SSSR count). The molecule has 0 N–H and O–H groups in total. The average Bonchev–Trinajstić information content (AvgIpc) is 2.18. The summed E-state index contributed by atoms with van der Waals surface area (Å²) >= 11 is 2.61. The van der Waals surface area contributed by atoms with Crippen LogP contribution < -0.4 is 0 Å². The first-order valence-electron chi connectivity index (χ1n) is 3.92. The number of hydrogen-bond donors (Lipinski definition) is 0. The van der Waals surface area contributed by atoms with Crippen LogP contribution in [0.2, 0.25) is 0 Å². The maximum Gasteiger partial charge on any atom is 0.417 e. The van der Waals surface area contributed by atoms with Crippen LogP contribution in [0.25, 0.3) is 0 Å². The molecule has 0 radical (unpaired) electrons. The molecule has 0 unspecified atom stereocenters. The second kappa shape index (κ2) is 4.40. The van der Waals surface area contributed by atoms with Crippen molar-refractivity contribution < 1.29 is 27.1 Å². The first-order chi connectivity index (χ1) is 7.27. The topological polar surface area (TPSA) is 26.3 Å². The Morgan fingerprint density at radius 2 is 1.94 bits per heavy atom. The first kappa shape index (κ1) is 13.0. The Kier molecular flexibility index (Phi) is 3.57. The van der Waals surface area contributed by atoms with Gasteiger partial charge in [0.2, 0.25) is 0 Å². The van der Waals surface area contributed by atoms with Gasteiger partial charge < -0.3 is 4.74 Å². The van der Waals surface area contributed by atoms with Gasteiger partial charge >= 0.3 is 12.1 Å². The molecule has 0 bridgehead atoms. The highest BCUT2D eigenvalue weighted by Crippen LogP contribution is 2.37. The summed E-state index contributed by atoms with van der Waals surface area (Å²) in [4.78, 5) is 11.1. The van der Waals surface area contributed by atoms with Crippen molar-refractivity contribution in [2.45, 2.75) is 6.18 Å². The van der Waals surface area contributed by atoms with E-state index in [9.17, 15) is 22.4 Å². The molecule has 0 heterocycles. The van der Waals surface area contributed by atoms with Crippen molar-refractivity contribution in [1.29, 1.82) is 0 Å². The number of hydrogen-bond acceptors (Lipinski definition) is 2. The lowest BCUT2D eigenvalue weighted by Crippen LogP contribution is -2.11. The number of ether oxygens (including phenoxy) is 1. The number of methoxy groups -OCH3 is 1. The van der Waals surface area contributed by atoms with Crippen LogP contribution in [0, 0.1) is 5.82 Å². The molecule has 0 fully saturated rings. The third-order valence-corrected chi connectivity index (χ3v) is 2.60. The second-order valence-electron chi connectivity index (χ2n) is 2.80. The van der Waals surface area contributed by atoms with Gasteiger partial charge in [0.05, 0.1) is 18.2 Å². The lowest BCUT2D eigenvalue weighted by atomic mass is 10.1. The molecule has 0 saturated carbocycles. The van der Waals surface area contributed by atoms with Crippen LogP contribution in [0.4, 0.5) is 17.6 Å². The molecule has 7 heteroatoms. The SMILES string of the molecule is COC(=O)c1cc(F)cc(C(F)(F)F)c1Br. The summed E-state index contributed by atoms with van der Waals surface area (Å²) in [5.41, 5.74) is -1.76. The molecule has 88 valence electrons. The van der Waals surface area contributed by atoms with E-state index in [4.69, 9.17) is 0 Å². The highest BCUT2D eigenvalue weighted by atomic mass is 79.9. The van der Waals surface area contributed by atoms with Crippen molar-refractivity contribution >= 4 is 21.9 Å². The number of alkyl halides is 3. The molecule has 1 aromatic carbocycles. The molecule has 16 heavy (non-hydrogen) atoms. The van der Waals surface area contributed by atoms with E-state index in [1.54, 1.807) is 0 Å². The van der Waals surface area contributed by atoms with E-state index in [1.165, 1.54) is 0 Å². The maximum atomic E-state index is 12.9. The smallest absolute Gasteiger partial charge is 0.417 e. The molecule has 2 nitrogen and oxygen atoms in total. The van der Waals surface area contributed by atoms with Gasteiger partial charge in [-0.05, 0) is 28.1 Å². The van der Waals surface area contributed by atoms with Crippen LogP contribution in [0.5, 0.6) is 0 Å². The van der Waals surface area contributed by atoms with Gasteiger partial charge in [-0.25, -0.2) is 9.18 Å². The van der Waals surface area contributed by atoms with Gasteiger partial charge in [0.25, 0.3) is 0 Å². The molecule has 0 aromatic heterocycles. The Morgan fingerprint density at radius 3 is 2.38 bits per heavy atom. The van der Waals surface area contributed by atoms with Crippen molar-refractivity contribution in [3.63, 3.8) is 0 Å². The van der Waals surface area contributed by atoms with E-state index in [2.05, 4.69) is 20.7 Å². The van der Waals surface area contributed by atoms with Crippen LogP contribution in [-0.4, -0.2) is 13.1 Å². The summed E-state index contributed by atoms with van der Waals surface area (Å²) in [6, 6.07) is 0.974. The molecule has 0 aliphatic heterocycles. The van der Waals surface area contributed by atoms with Crippen molar-refractivity contribution in [2.75, 3.05) is 7.11 Å². The van der Waals surface area contributed by atoms with Gasteiger partial charge in [0, 0.05) is 4.47 Å². The first-order valence-corrected chi connectivity index (χ1v) is 4.71. The average molecular weight is 301 g/mol. The summed E-state index contributed by atoms with van der Waals surface area (Å²) in [5.74, 6) is -2.20. The Bertz CT molecular complexity index is 428. The summed E-state index contributed by atoms with van der Waals surface area (Å²) in [5, 5.41) is 0. The van der Waals surface area contributed by atoms with E-state index >= 15 is 0 Å². The van der Waals surface area contributed by atoms with Crippen molar-refractivity contribution in [1.82, 2.24) is 0 Å². The molecular formula is C9H5BrF4O2. The van der Waals surface area contributed by atoms with Crippen molar-refractivity contribution in [3.8, 4) is 0 Å². The molecular weight excluding hydrogens is 296 g/mol. The Balaban J connectivity index is 3.44. The summed E-state index contributed by atoms with van der Waals surface area (Å²) < 4.78 is 53.9. The third-order valence-electron chi connectivity index (χ3n) is 1.75. The van der Waals surface area contributed by atoms with Crippen LogP contribution in [0.3, 0.4) is 0 Å². The number of esters is 1. The summed E-state index contributed by atoms with van der Waals surface area (Å²) in [7, 11) is 0.993. The van der Waals surface area contributed by atoms with Gasteiger partial charge in [-0.1, -0.05) is 0 Å². The van der Waals surface area contributed by atoms with E-state index < -0.39 is 33.6 Å². The maximum absolute atomic E-state index is 12.9. The molecule has 0 atom stereocenters. The molecule has 1 aromatic rings. The van der Waals surface area contributed by atoms with Crippen LogP contribution in [-0.2, 0) is 10.9 Å². The van der Waals surface area contributed by atoms with Crippen molar-refractivity contribution in [3.05, 3.63) is 33.5 Å². The highest BCUT2D eigenvalue weighted by Gasteiger charge is 2.35. The van der Waals surface area contributed by atoms with Crippen molar-refractivity contribution in [2.24, 2.45) is 0 Å². The molecule has 0 spiro atoms. The van der Waals surface area contributed by atoms with E-state index in [0.29, 0.717) is 12.1 Å². The van der Waals surface area contributed by atoms with E-state index in [1.807, 2.05) is 0 Å². The van der Waals surface area contributed by atoms with Gasteiger partial charge in [0.15, 0.2) is 0 Å². The Morgan fingerprint density at radius 1 is 1.38 bits per heavy atom. The quantitative estimate of drug-likeness (QED) is 0.587. The third kappa shape index (κ3) is 2.52. The monoisotopic (exact) mass is 300 g/mol. The zero-order valence-corrected chi connectivity index (χ0v) is 9.45. The largest absolute Gasteiger partial charge is 0.465 e. The summed E-state index contributed by atoms with van der Waals surface area (Å²) in [6.45, 7) is 0. The second-order valence-corrected chi connectivity index (χ2v) is 3.60. The Labute approximate surface area is 96.3 Å². The lowest BCUT2D eigenvalue weighted by Gasteiger charge is -2.11. The normalized spacial score (nSPS) is 11.4. The number of halogens is 5. The fraction of sp³-hybridized carbons (Fsp3) is 0.222. The minimum atomic E-state index is -4.75. The van der Waals surface area contributed by atoms with E-state index in [-0.39, 0.29) is 0 Å². The van der Waals surface area contributed by atoms with Crippen LogP contribution in [0.1, 0.15) is 15.9 Å². The predicted molar refractivity (Wildman–Crippen MR) is 50.4 cm³/mol. The zero-order valence-electron chi connectivity index (χ0n) is 7.86. The molecule has 0 aliphatic rings. The van der Waals surface area contributed by atoms with Crippen LogP contribution >= 0.6 is 15.9 Å². The zero-order chi connectivity index (χ0) is 12.5. The number of benzene rings is 1. The molecule has 0 aliphatic carbocycles. The number of carbonyl (C=O) groups is 1. The van der Waals surface area contributed by atoms with Gasteiger partial charge in [0.1, 0.15) is 5.82 Å². The standard InChI is InChI=1S/C9H5BrF4O2/c1-16-8(15)5-2-4(11)3-6(7(5)10)9(12,13)14/h2-3H,1H3. The van der Waals surface area contributed by atoms with Crippen LogP contribution in [0.15, 0.2) is 16.6 Å². The lowest BCUT2D eigenvalue weighted by molar-refractivity contribution is -0.138. The van der Waals surface area contributed by atoms with Gasteiger partial charge in [-0.3, -0.25) is 0 Å². The fourth-order valence-electron chi connectivity index (χ4n) is 1.05. The Hall–Kier alpha value is -1.11. The summed E-state index contributed by atoms with van der Waals surface area (Å²) in [6.07, 6.45) is -4.75.